The smallest absolute Gasteiger partial charge is 0.119 e. The van der Waals surface area contributed by atoms with Crippen LogP contribution in [0.2, 0.25) is 0 Å². The molecule has 0 saturated heterocycles. The maximum atomic E-state index is 5.36. The third kappa shape index (κ3) is 1.41. The number of hydrogen-bond donors (Lipinski definition) is 1. The molecule has 2 aliphatic rings. The summed E-state index contributed by atoms with van der Waals surface area (Å²) in [4.78, 5) is 3.42. The summed E-state index contributed by atoms with van der Waals surface area (Å²) in [6.07, 6.45) is 7.99. The topological polar surface area (TPSA) is 25.0 Å². The van der Waals surface area contributed by atoms with Gasteiger partial charge in [0, 0.05) is 17.1 Å². The lowest BCUT2D eigenvalue weighted by molar-refractivity contribution is 0.414. The molecule has 0 amide bonds. The summed E-state index contributed by atoms with van der Waals surface area (Å²) < 4.78 is 5.36. The molecule has 2 fully saturated rings. The van der Waals surface area contributed by atoms with Crippen LogP contribution < -0.4 is 4.74 Å². The van der Waals surface area contributed by atoms with E-state index in [1.807, 2.05) is 6.07 Å². The molecule has 0 spiro atoms. The summed E-state index contributed by atoms with van der Waals surface area (Å²) in [7, 11) is 1.74. The third-order valence-corrected chi connectivity index (χ3v) is 5.06. The van der Waals surface area contributed by atoms with Crippen molar-refractivity contribution in [2.24, 2.45) is 11.8 Å². The van der Waals surface area contributed by atoms with Crippen LogP contribution in [0, 0.1) is 11.8 Å². The summed E-state index contributed by atoms with van der Waals surface area (Å²) in [5, 5.41) is 1.37. The van der Waals surface area contributed by atoms with Crippen LogP contribution in [0.1, 0.15) is 37.2 Å². The zero-order valence-electron chi connectivity index (χ0n) is 10.8. The molecule has 1 heterocycles. The summed E-state index contributed by atoms with van der Waals surface area (Å²) in [5.41, 5.74) is 2.77. The molecule has 1 N–H and O–H groups in total. The van der Waals surface area contributed by atoms with Crippen LogP contribution in [0.5, 0.6) is 5.75 Å². The second-order valence-electron chi connectivity index (χ2n) is 5.94. The average Bonchev–Trinajstić information content (AvgIpc) is 3.11. The van der Waals surface area contributed by atoms with E-state index in [9.17, 15) is 0 Å². The van der Waals surface area contributed by atoms with Gasteiger partial charge in [-0.15, -0.1) is 0 Å². The van der Waals surface area contributed by atoms with Gasteiger partial charge >= 0.3 is 0 Å². The van der Waals surface area contributed by atoms with E-state index in [1.165, 1.54) is 42.1 Å². The minimum absolute atomic E-state index is 0.782. The number of fused-ring (bicyclic) bond motifs is 3. The van der Waals surface area contributed by atoms with Gasteiger partial charge in [0.05, 0.1) is 7.11 Å². The minimum atomic E-state index is 0.782. The summed E-state index contributed by atoms with van der Waals surface area (Å²) in [6.45, 7) is 0. The number of aromatic amines is 1. The van der Waals surface area contributed by atoms with E-state index in [1.54, 1.807) is 7.11 Å². The number of hydrogen-bond acceptors (Lipinski definition) is 1. The molecule has 2 aromatic rings. The molecule has 4 rings (SSSR count). The standard InChI is InChI=1S/C16H19NO/c1-18-12-4-5-16-14(8-12)15(9-17-16)13-7-10-2-3-11(13)6-10/h4-5,8-11,13,17H,2-3,6-7H2,1H3. The van der Waals surface area contributed by atoms with E-state index < -0.39 is 0 Å². The Morgan fingerprint density at radius 2 is 2.17 bits per heavy atom. The molecule has 1 aromatic carbocycles. The van der Waals surface area contributed by atoms with E-state index in [2.05, 4.69) is 23.3 Å². The van der Waals surface area contributed by atoms with Crippen LogP contribution in [0.3, 0.4) is 0 Å². The van der Waals surface area contributed by atoms with Gasteiger partial charge in [-0.3, -0.25) is 0 Å². The molecule has 2 heteroatoms. The molecule has 18 heavy (non-hydrogen) atoms. The Morgan fingerprint density at radius 3 is 2.89 bits per heavy atom. The number of ether oxygens (including phenoxy) is 1. The number of rotatable bonds is 2. The van der Waals surface area contributed by atoms with Crippen LogP contribution >= 0.6 is 0 Å². The van der Waals surface area contributed by atoms with E-state index in [-0.39, 0.29) is 0 Å². The first kappa shape index (κ1) is 10.5. The number of H-pyrrole nitrogens is 1. The van der Waals surface area contributed by atoms with Gasteiger partial charge in [-0.2, -0.15) is 0 Å². The Hall–Kier alpha value is -1.44. The lowest BCUT2D eigenvalue weighted by Gasteiger charge is -2.21. The first-order valence-corrected chi connectivity index (χ1v) is 7.00. The van der Waals surface area contributed by atoms with Crippen molar-refractivity contribution < 1.29 is 4.74 Å². The summed E-state index contributed by atoms with van der Waals surface area (Å²) in [5.74, 6) is 3.67. The second-order valence-corrected chi connectivity index (χ2v) is 5.94. The van der Waals surface area contributed by atoms with Crippen molar-refractivity contribution in [2.75, 3.05) is 7.11 Å². The molecule has 0 radical (unpaired) electrons. The van der Waals surface area contributed by atoms with E-state index in [0.29, 0.717) is 0 Å². The highest BCUT2D eigenvalue weighted by atomic mass is 16.5. The van der Waals surface area contributed by atoms with Gasteiger partial charge in [0.1, 0.15) is 5.75 Å². The monoisotopic (exact) mass is 241 g/mol. The van der Waals surface area contributed by atoms with Crippen LogP contribution in [0.15, 0.2) is 24.4 Å². The molecule has 2 saturated carbocycles. The summed E-state index contributed by atoms with van der Waals surface area (Å²) >= 11 is 0. The molecule has 3 atom stereocenters. The zero-order valence-corrected chi connectivity index (χ0v) is 10.8. The van der Waals surface area contributed by atoms with Crippen molar-refractivity contribution in [3.8, 4) is 5.75 Å². The molecule has 0 aliphatic heterocycles. The fraction of sp³-hybridized carbons (Fsp3) is 0.500. The van der Waals surface area contributed by atoms with Crippen LogP contribution in [0.25, 0.3) is 10.9 Å². The predicted octanol–water partition coefficient (Wildman–Crippen LogP) is 4.08. The molecule has 94 valence electrons. The minimum Gasteiger partial charge on any atom is -0.497 e. The molecule has 2 aliphatic carbocycles. The number of aromatic nitrogens is 1. The fourth-order valence-corrected chi connectivity index (χ4v) is 4.18. The fourth-order valence-electron chi connectivity index (χ4n) is 4.18. The van der Waals surface area contributed by atoms with Gasteiger partial charge < -0.3 is 9.72 Å². The molecule has 3 unspecified atom stereocenters. The van der Waals surface area contributed by atoms with Crippen molar-refractivity contribution in [3.05, 3.63) is 30.0 Å². The molecular weight excluding hydrogens is 222 g/mol. The molecule has 2 nitrogen and oxygen atoms in total. The predicted molar refractivity (Wildman–Crippen MR) is 73.0 cm³/mol. The van der Waals surface area contributed by atoms with E-state index in [4.69, 9.17) is 4.74 Å². The Balaban J connectivity index is 1.80. The largest absolute Gasteiger partial charge is 0.497 e. The van der Waals surface area contributed by atoms with Gasteiger partial charge in [-0.1, -0.05) is 6.42 Å². The second kappa shape index (κ2) is 3.78. The molecular formula is C16H19NO. The van der Waals surface area contributed by atoms with Gasteiger partial charge in [0.25, 0.3) is 0 Å². The van der Waals surface area contributed by atoms with Crippen molar-refractivity contribution >= 4 is 10.9 Å². The zero-order chi connectivity index (χ0) is 12.1. The number of nitrogens with one attached hydrogen (secondary N) is 1. The van der Waals surface area contributed by atoms with E-state index >= 15 is 0 Å². The quantitative estimate of drug-likeness (QED) is 0.842. The highest BCUT2D eigenvalue weighted by Crippen LogP contribution is 2.53. The normalized spacial score (nSPS) is 30.2. The Labute approximate surface area is 107 Å². The first-order chi connectivity index (χ1) is 8.85. The maximum absolute atomic E-state index is 5.36. The van der Waals surface area contributed by atoms with Gasteiger partial charge in [0.15, 0.2) is 0 Å². The summed E-state index contributed by atoms with van der Waals surface area (Å²) in [6, 6.07) is 6.35. The Kier molecular flexibility index (Phi) is 2.20. The SMILES string of the molecule is COc1ccc2[nH]cc(C3CC4CCC3C4)c2c1. The Bertz CT molecular complexity index is 586. The lowest BCUT2D eigenvalue weighted by atomic mass is 9.83. The number of benzene rings is 1. The highest BCUT2D eigenvalue weighted by Gasteiger charge is 2.40. The van der Waals surface area contributed by atoms with Gasteiger partial charge in [0.2, 0.25) is 0 Å². The average molecular weight is 241 g/mol. The van der Waals surface area contributed by atoms with Gasteiger partial charge in [-0.25, -0.2) is 0 Å². The van der Waals surface area contributed by atoms with Crippen LogP contribution in [-0.4, -0.2) is 12.1 Å². The third-order valence-electron chi connectivity index (χ3n) is 5.06. The van der Waals surface area contributed by atoms with Crippen molar-refractivity contribution in [3.63, 3.8) is 0 Å². The van der Waals surface area contributed by atoms with Gasteiger partial charge in [-0.05, 0) is 60.8 Å². The molecule has 1 aromatic heterocycles. The maximum Gasteiger partial charge on any atom is 0.119 e. The van der Waals surface area contributed by atoms with Crippen LogP contribution in [-0.2, 0) is 0 Å². The lowest BCUT2D eigenvalue weighted by Crippen LogP contribution is -2.07. The number of methoxy groups -OCH3 is 1. The Morgan fingerprint density at radius 1 is 1.22 bits per heavy atom. The van der Waals surface area contributed by atoms with E-state index in [0.717, 1.165) is 23.5 Å². The van der Waals surface area contributed by atoms with Crippen molar-refractivity contribution in [1.82, 2.24) is 4.98 Å². The van der Waals surface area contributed by atoms with Crippen molar-refractivity contribution in [2.45, 2.75) is 31.6 Å². The van der Waals surface area contributed by atoms with Crippen molar-refractivity contribution in [1.29, 1.82) is 0 Å². The first-order valence-electron chi connectivity index (χ1n) is 7.00. The van der Waals surface area contributed by atoms with Crippen LogP contribution in [0.4, 0.5) is 0 Å². The highest BCUT2D eigenvalue weighted by molar-refractivity contribution is 5.85. The molecule has 2 bridgehead atoms.